The fourth-order valence-electron chi connectivity index (χ4n) is 2.17. The van der Waals surface area contributed by atoms with E-state index in [9.17, 15) is 4.79 Å². The number of rotatable bonds is 5. The van der Waals surface area contributed by atoms with Crippen molar-refractivity contribution in [2.75, 3.05) is 24.9 Å². The molecule has 24 heavy (non-hydrogen) atoms. The van der Waals surface area contributed by atoms with Gasteiger partial charge in [-0.25, -0.2) is 9.78 Å². The van der Waals surface area contributed by atoms with Gasteiger partial charge in [-0.05, 0) is 24.3 Å². The summed E-state index contributed by atoms with van der Waals surface area (Å²) >= 11 is 1.35. The Morgan fingerprint density at radius 3 is 2.83 bits per heavy atom. The number of methoxy groups -OCH3 is 2. The van der Waals surface area contributed by atoms with E-state index in [1.165, 1.54) is 18.4 Å². The van der Waals surface area contributed by atoms with Crippen molar-refractivity contribution in [1.82, 2.24) is 9.97 Å². The zero-order chi connectivity index (χ0) is 16.9. The lowest BCUT2D eigenvalue weighted by atomic mass is 10.2. The third-order valence-electron chi connectivity index (χ3n) is 3.31. The molecule has 0 aliphatic carbocycles. The zero-order valence-electron chi connectivity index (χ0n) is 13.2. The highest BCUT2D eigenvalue weighted by Gasteiger charge is 2.14. The Bertz CT molecular complexity index is 851. The topological polar surface area (TPSA) is 85.4 Å². The molecule has 1 aromatic carbocycles. The molecule has 0 unspecified atom stereocenters. The first kappa shape index (κ1) is 16.0. The van der Waals surface area contributed by atoms with Gasteiger partial charge in [-0.3, -0.25) is 10.3 Å². The standard InChI is InChI=1S/C16H16N4O3S/c1-22-12-7-6-11(18-9-10-5-3-4-8-17-10)14-13(12)19-15(24-14)20-16(21)23-2/h3-8,18H,9H2,1-2H3,(H,19,20,21). The second kappa shape index (κ2) is 7.14. The summed E-state index contributed by atoms with van der Waals surface area (Å²) < 4.78 is 10.8. The molecular formula is C16H16N4O3S. The molecule has 0 saturated carbocycles. The first-order valence-electron chi connectivity index (χ1n) is 7.17. The van der Waals surface area contributed by atoms with Gasteiger partial charge in [-0.15, -0.1) is 0 Å². The minimum Gasteiger partial charge on any atom is -0.494 e. The molecule has 0 spiro atoms. The summed E-state index contributed by atoms with van der Waals surface area (Å²) in [7, 11) is 2.89. The van der Waals surface area contributed by atoms with Crippen molar-refractivity contribution in [2.45, 2.75) is 6.54 Å². The van der Waals surface area contributed by atoms with Crippen LogP contribution >= 0.6 is 11.3 Å². The van der Waals surface area contributed by atoms with Crippen molar-refractivity contribution in [3.63, 3.8) is 0 Å². The highest BCUT2D eigenvalue weighted by atomic mass is 32.1. The molecule has 2 N–H and O–H groups in total. The van der Waals surface area contributed by atoms with Crippen LogP contribution in [0.1, 0.15) is 5.69 Å². The third-order valence-corrected chi connectivity index (χ3v) is 4.31. The largest absolute Gasteiger partial charge is 0.494 e. The van der Waals surface area contributed by atoms with E-state index in [-0.39, 0.29) is 0 Å². The number of hydrogen-bond donors (Lipinski definition) is 2. The van der Waals surface area contributed by atoms with E-state index in [4.69, 9.17) is 4.74 Å². The van der Waals surface area contributed by atoms with Gasteiger partial charge in [0, 0.05) is 6.20 Å². The van der Waals surface area contributed by atoms with Crippen LogP contribution in [0.4, 0.5) is 15.6 Å². The van der Waals surface area contributed by atoms with Crippen LogP contribution in [0, 0.1) is 0 Å². The number of ether oxygens (including phenoxy) is 2. The quantitative estimate of drug-likeness (QED) is 0.737. The van der Waals surface area contributed by atoms with E-state index in [0.29, 0.717) is 22.9 Å². The third kappa shape index (κ3) is 3.38. The Kier molecular flexibility index (Phi) is 4.76. The van der Waals surface area contributed by atoms with Crippen LogP contribution in [0.25, 0.3) is 10.2 Å². The van der Waals surface area contributed by atoms with Gasteiger partial charge < -0.3 is 14.8 Å². The van der Waals surface area contributed by atoms with Gasteiger partial charge in [-0.1, -0.05) is 17.4 Å². The van der Waals surface area contributed by atoms with Crippen molar-refractivity contribution in [1.29, 1.82) is 0 Å². The maximum absolute atomic E-state index is 11.4. The number of pyridine rings is 1. The Morgan fingerprint density at radius 2 is 2.12 bits per heavy atom. The number of nitrogens with zero attached hydrogens (tertiary/aromatic N) is 2. The predicted octanol–water partition coefficient (Wildman–Crippen LogP) is 3.49. The molecule has 0 bridgehead atoms. The van der Waals surface area contributed by atoms with Crippen molar-refractivity contribution in [3.05, 3.63) is 42.2 Å². The van der Waals surface area contributed by atoms with Crippen LogP contribution in [0.3, 0.4) is 0 Å². The van der Waals surface area contributed by atoms with Gasteiger partial charge in [0.15, 0.2) is 5.13 Å². The fourth-order valence-corrected chi connectivity index (χ4v) is 3.13. The van der Waals surface area contributed by atoms with Crippen LogP contribution in [-0.2, 0) is 11.3 Å². The number of fused-ring (bicyclic) bond motifs is 1. The summed E-state index contributed by atoms with van der Waals surface area (Å²) in [5.41, 5.74) is 2.51. The molecule has 0 aliphatic rings. The molecule has 0 saturated heterocycles. The lowest BCUT2D eigenvalue weighted by molar-refractivity contribution is 0.187. The lowest BCUT2D eigenvalue weighted by Gasteiger charge is -2.08. The Labute approximate surface area is 142 Å². The van der Waals surface area contributed by atoms with Crippen LogP contribution < -0.4 is 15.4 Å². The van der Waals surface area contributed by atoms with Gasteiger partial charge in [0.1, 0.15) is 11.3 Å². The molecule has 3 aromatic rings. The van der Waals surface area contributed by atoms with E-state index >= 15 is 0 Å². The smallest absolute Gasteiger partial charge is 0.413 e. The molecule has 2 heterocycles. The molecule has 1 amide bonds. The molecule has 0 atom stereocenters. The second-order valence-corrected chi connectivity index (χ2v) is 5.80. The summed E-state index contributed by atoms with van der Waals surface area (Å²) in [4.78, 5) is 20.1. The molecule has 8 heteroatoms. The van der Waals surface area contributed by atoms with Gasteiger partial charge in [-0.2, -0.15) is 0 Å². The van der Waals surface area contributed by atoms with Crippen LogP contribution in [-0.4, -0.2) is 30.3 Å². The number of aromatic nitrogens is 2. The monoisotopic (exact) mass is 344 g/mol. The van der Waals surface area contributed by atoms with Gasteiger partial charge in [0.2, 0.25) is 0 Å². The summed E-state index contributed by atoms with van der Waals surface area (Å²) in [5, 5.41) is 6.37. The summed E-state index contributed by atoms with van der Waals surface area (Å²) in [6.45, 7) is 0.583. The molecule has 0 aliphatic heterocycles. The van der Waals surface area contributed by atoms with E-state index in [0.717, 1.165) is 16.1 Å². The molecule has 2 aromatic heterocycles. The molecule has 0 radical (unpaired) electrons. The summed E-state index contributed by atoms with van der Waals surface area (Å²) in [5.74, 6) is 0.641. The van der Waals surface area contributed by atoms with E-state index in [1.807, 2.05) is 30.3 Å². The number of nitrogens with one attached hydrogen (secondary N) is 2. The first-order chi connectivity index (χ1) is 11.7. The molecule has 124 valence electrons. The first-order valence-corrected chi connectivity index (χ1v) is 7.99. The SMILES string of the molecule is COC(=O)Nc1nc2c(OC)ccc(NCc3ccccn3)c2s1. The normalized spacial score (nSPS) is 10.4. The molecule has 7 nitrogen and oxygen atoms in total. The average molecular weight is 344 g/mol. The number of anilines is 2. The number of thiazole rings is 1. The van der Waals surface area contributed by atoms with E-state index < -0.39 is 6.09 Å². The Hall–Kier alpha value is -2.87. The maximum atomic E-state index is 11.4. The molecule has 3 rings (SSSR count). The minimum atomic E-state index is -0.559. The van der Waals surface area contributed by atoms with Crippen molar-refractivity contribution in [2.24, 2.45) is 0 Å². The second-order valence-electron chi connectivity index (χ2n) is 4.80. The van der Waals surface area contributed by atoms with Gasteiger partial charge in [0.25, 0.3) is 0 Å². The van der Waals surface area contributed by atoms with Crippen LogP contribution in [0.15, 0.2) is 36.5 Å². The number of hydrogen-bond acceptors (Lipinski definition) is 7. The van der Waals surface area contributed by atoms with Crippen LogP contribution in [0.5, 0.6) is 5.75 Å². The van der Waals surface area contributed by atoms with Crippen molar-refractivity contribution in [3.8, 4) is 5.75 Å². The van der Waals surface area contributed by atoms with Crippen molar-refractivity contribution < 1.29 is 14.3 Å². The Balaban J connectivity index is 1.91. The van der Waals surface area contributed by atoms with Gasteiger partial charge in [0.05, 0.1) is 36.8 Å². The predicted molar refractivity (Wildman–Crippen MR) is 93.8 cm³/mol. The number of amides is 1. The highest BCUT2D eigenvalue weighted by molar-refractivity contribution is 7.23. The Morgan fingerprint density at radius 1 is 1.25 bits per heavy atom. The van der Waals surface area contributed by atoms with Gasteiger partial charge >= 0.3 is 6.09 Å². The summed E-state index contributed by atoms with van der Waals surface area (Å²) in [6, 6.07) is 9.53. The average Bonchev–Trinajstić information content (AvgIpc) is 3.04. The molecule has 0 fully saturated rings. The zero-order valence-corrected chi connectivity index (χ0v) is 14.0. The number of benzene rings is 1. The maximum Gasteiger partial charge on any atom is 0.413 e. The van der Waals surface area contributed by atoms with E-state index in [1.54, 1.807) is 13.3 Å². The lowest BCUT2D eigenvalue weighted by Crippen LogP contribution is -2.10. The minimum absolute atomic E-state index is 0.447. The number of carbonyl (C=O) groups is 1. The summed E-state index contributed by atoms with van der Waals surface area (Å²) in [6.07, 6.45) is 1.20. The fraction of sp³-hybridized carbons (Fsp3) is 0.188. The van der Waals surface area contributed by atoms with E-state index in [2.05, 4.69) is 25.3 Å². The number of carbonyl (C=O) groups excluding carboxylic acids is 1. The molecular weight excluding hydrogens is 328 g/mol. The van der Waals surface area contributed by atoms with Crippen LogP contribution in [0.2, 0.25) is 0 Å². The van der Waals surface area contributed by atoms with Crippen molar-refractivity contribution >= 4 is 38.5 Å². The highest BCUT2D eigenvalue weighted by Crippen LogP contribution is 2.37.